The Bertz CT molecular complexity index is 1360. The van der Waals surface area contributed by atoms with Gasteiger partial charge < -0.3 is 20.5 Å². The second-order valence-electron chi connectivity index (χ2n) is 8.40. The highest BCUT2D eigenvalue weighted by Gasteiger charge is 2.23. The number of nitrogens with zero attached hydrogens (tertiary/aromatic N) is 2. The highest BCUT2D eigenvalue weighted by atomic mass is 19.1. The number of Topliss-reactive ketones (excluding diaryl/α,β-unsaturated/α-hetero) is 1. The quantitative estimate of drug-likeness (QED) is 0.358. The van der Waals surface area contributed by atoms with Crippen LogP contribution >= 0.6 is 0 Å². The lowest BCUT2D eigenvalue weighted by atomic mass is 10.1. The van der Waals surface area contributed by atoms with Crippen molar-refractivity contribution in [2.24, 2.45) is 0 Å². The van der Waals surface area contributed by atoms with E-state index in [0.717, 1.165) is 14.7 Å². The van der Waals surface area contributed by atoms with Crippen LogP contribution < -0.4 is 31.8 Å². The molecule has 0 bridgehead atoms. The van der Waals surface area contributed by atoms with Gasteiger partial charge in [0.05, 0.1) is 26.3 Å². The van der Waals surface area contributed by atoms with E-state index in [9.17, 15) is 18.8 Å². The van der Waals surface area contributed by atoms with Gasteiger partial charge in [-0.15, -0.1) is 0 Å². The van der Waals surface area contributed by atoms with Crippen LogP contribution in [0.5, 0.6) is 11.5 Å². The number of aromatic nitrogens is 2. The molecule has 0 fully saturated rings. The van der Waals surface area contributed by atoms with Crippen LogP contribution in [0.3, 0.4) is 0 Å². The summed E-state index contributed by atoms with van der Waals surface area (Å²) in [6, 6.07) is 10.8. The average molecular weight is 513 g/mol. The monoisotopic (exact) mass is 512 g/mol. The first-order valence-corrected chi connectivity index (χ1v) is 12.2. The van der Waals surface area contributed by atoms with Gasteiger partial charge in [0.1, 0.15) is 17.2 Å². The van der Waals surface area contributed by atoms with Crippen molar-refractivity contribution in [1.82, 2.24) is 14.5 Å². The number of carbonyl (C=O) groups excluding carboxylic acids is 1. The Hall–Kier alpha value is -3.92. The summed E-state index contributed by atoms with van der Waals surface area (Å²) < 4.78 is 26.7. The predicted octanol–water partition coefficient (Wildman–Crippen LogP) is 3.13. The molecular formula is C27H33FN4O5. The highest BCUT2D eigenvalue weighted by Crippen LogP contribution is 2.30. The molecule has 0 amide bonds. The van der Waals surface area contributed by atoms with Gasteiger partial charge in [-0.25, -0.2) is 9.18 Å². The number of ketones is 1. The van der Waals surface area contributed by atoms with E-state index in [1.807, 2.05) is 39.0 Å². The van der Waals surface area contributed by atoms with Crippen LogP contribution in [-0.2, 0) is 13.1 Å². The number of hydrogen-bond acceptors (Lipinski definition) is 7. The van der Waals surface area contributed by atoms with Gasteiger partial charge in [-0.3, -0.25) is 18.7 Å². The molecule has 0 aliphatic carbocycles. The van der Waals surface area contributed by atoms with E-state index in [-0.39, 0.29) is 37.1 Å². The zero-order chi connectivity index (χ0) is 27.1. The summed E-state index contributed by atoms with van der Waals surface area (Å²) in [4.78, 5) is 39.1. The van der Waals surface area contributed by atoms with E-state index in [2.05, 4.69) is 5.32 Å². The maximum Gasteiger partial charge on any atom is 0.332 e. The molecule has 198 valence electrons. The largest absolute Gasteiger partial charge is 0.490 e. The number of halogens is 1. The minimum Gasteiger partial charge on any atom is -0.490 e. The van der Waals surface area contributed by atoms with Crippen molar-refractivity contribution in [3.8, 4) is 11.5 Å². The lowest BCUT2D eigenvalue weighted by molar-refractivity contribution is 0.0985. The molecule has 0 aliphatic heterocycles. The maximum absolute atomic E-state index is 13.3. The number of nitrogens with two attached hydrogens (primary N) is 1. The number of nitrogen functional groups attached to an aromatic ring is 1. The molecular weight excluding hydrogens is 479 g/mol. The molecule has 1 unspecified atom stereocenters. The SMILES string of the molecule is CCOc1ccc(C(C)NCC(=O)c2c(N)n(Cc3ccc(F)cc3)c(=O)n(CC)c2=O)cc1OCC. The molecule has 3 N–H and O–H groups in total. The molecule has 2 aromatic carbocycles. The standard InChI is InChI=1S/C27H33FN4O5/c1-5-31-26(34)24(25(29)32(27(31)35)16-18-8-11-20(28)12-9-18)21(33)15-30-17(4)19-10-13-22(36-6-2)23(14-19)37-7-3/h8-14,17,30H,5-7,15-16,29H2,1-4H3. The smallest absolute Gasteiger partial charge is 0.332 e. The van der Waals surface area contributed by atoms with Crippen LogP contribution in [0.25, 0.3) is 0 Å². The van der Waals surface area contributed by atoms with Gasteiger partial charge in [0.25, 0.3) is 5.56 Å². The van der Waals surface area contributed by atoms with Crippen LogP contribution in [-0.4, -0.2) is 34.7 Å². The predicted molar refractivity (Wildman–Crippen MR) is 140 cm³/mol. The second kappa shape index (κ2) is 12.4. The fourth-order valence-electron chi connectivity index (χ4n) is 3.97. The molecule has 0 saturated carbocycles. The van der Waals surface area contributed by atoms with Crippen molar-refractivity contribution < 1.29 is 18.7 Å². The topological polar surface area (TPSA) is 118 Å². The summed E-state index contributed by atoms with van der Waals surface area (Å²) in [5, 5.41) is 3.12. The van der Waals surface area contributed by atoms with Gasteiger partial charge in [0.2, 0.25) is 0 Å². The molecule has 1 atom stereocenters. The Morgan fingerprint density at radius 3 is 2.27 bits per heavy atom. The lowest BCUT2D eigenvalue weighted by Crippen LogP contribution is -2.45. The summed E-state index contributed by atoms with van der Waals surface area (Å²) in [5.41, 5.74) is 6.03. The first-order chi connectivity index (χ1) is 17.7. The van der Waals surface area contributed by atoms with Crippen molar-refractivity contribution in [3.05, 3.63) is 85.8 Å². The van der Waals surface area contributed by atoms with E-state index in [1.165, 1.54) is 24.3 Å². The van der Waals surface area contributed by atoms with Gasteiger partial charge in [0, 0.05) is 12.6 Å². The number of hydrogen-bond donors (Lipinski definition) is 2. The number of carbonyl (C=O) groups is 1. The molecule has 37 heavy (non-hydrogen) atoms. The Morgan fingerprint density at radius 2 is 1.65 bits per heavy atom. The Labute approximate surface area is 214 Å². The van der Waals surface area contributed by atoms with Gasteiger partial charge in [-0.1, -0.05) is 18.2 Å². The minimum atomic E-state index is -0.737. The minimum absolute atomic E-state index is 0.0122. The summed E-state index contributed by atoms with van der Waals surface area (Å²) >= 11 is 0. The molecule has 0 radical (unpaired) electrons. The second-order valence-corrected chi connectivity index (χ2v) is 8.40. The van der Waals surface area contributed by atoms with Crippen molar-refractivity contribution in [1.29, 1.82) is 0 Å². The van der Waals surface area contributed by atoms with Crippen LogP contribution in [0, 0.1) is 5.82 Å². The Balaban J connectivity index is 1.87. The zero-order valence-electron chi connectivity index (χ0n) is 21.5. The van der Waals surface area contributed by atoms with Crippen molar-refractivity contribution in [2.75, 3.05) is 25.5 Å². The van der Waals surface area contributed by atoms with Crippen molar-refractivity contribution in [3.63, 3.8) is 0 Å². The van der Waals surface area contributed by atoms with E-state index < -0.39 is 22.8 Å². The molecule has 3 aromatic rings. The van der Waals surface area contributed by atoms with Crippen LogP contribution in [0.15, 0.2) is 52.1 Å². The molecule has 3 rings (SSSR count). The van der Waals surface area contributed by atoms with Gasteiger partial charge in [0.15, 0.2) is 17.3 Å². The zero-order valence-corrected chi connectivity index (χ0v) is 21.5. The van der Waals surface area contributed by atoms with E-state index >= 15 is 0 Å². The molecule has 1 aromatic heterocycles. The van der Waals surface area contributed by atoms with Gasteiger partial charge >= 0.3 is 5.69 Å². The number of benzene rings is 2. The van der Waals surface area contributed by atoms with Crippen LogP contribution in [0.2, 0.25) is 0 Å². The third-order valence-electron chi connectivity index (χ3n) is 5.95. The summed E-state index contributed by atoms with van der Waals surface area (Å²) in [5.74, 6) is 0.0561. The van der Waals surface area contributed by atoms with Gasteiger partial charge in [-0.05, 0) is 63.1 Å². The molecule has 0 saturated heterocycles. The third kappa shape index (κ3) is 6.26. The lowest BCUT2D eigenvalue weighted by Gasteiger charge is -2.18. The molecule has 0 aliphatic rings. The van der Waals surface area contributed by atoms with Crippen LogP contribution in [0.4, 0.5) is 10.2 Å². The van der Waals surface area contributed by atoms with Gasteiger partial charge in [-0.2, -0.15) is 0 Å². The maximum atomic E-state index is 13.3. The van der Waals surface area contributed by atoms with E-state index in [4.69, 9.17) is 15.2 Å². The fraction of sp³-hybridized carbons (Fsp3) is 0.370. The normalized spacial score (nSPS) is 11.8. The van der Waals surface area contributed by atoms with Crippen molar-refractivity contribution in [2.45, 2.75) is 46.8 Å². The highest BCUT2D eigenvalue weighted by molar-refractivity contribution is 6.01. The fourth-order valence-corrected chi connectivity index (χ4v) is 3.97. The average Bonchev–Trinajstić information content (AvgIpc) is 2.88. The molecule has 1 heterocycles. The summed E-state index contributed by atoms with van der Waals surface area (Å²) in [6.07, 6.45) is 0. The number of ether oxygens (including phenoxy) is 2. The number of nitrogens with one attached hydrogen (secondary N) is 1. The molecule has 9 nitrogen and oxygen atoms in total. The van der Waals surface area contributed by atoms with Crippen LogP contribution in [0.1, 0.15) is 55.2 Å². The molecule has 0 spiro atoms. The summed E-state index contributed by atoms with van der Waals surface area (Å²) in [7, 11) is 0. The molecule has 10 heteroatoms. The Morgan fingerprint density at radius 1 is 1.00 bits per heavy atom. The van der Waals surface area contributed by atoms with E-state index in [1.54, 1.807) is 6.92 Å². The Kier molecular flexibility index (Phi) is 9.24. The first-order valence-electron chi connectivity index (χ1n) is 12.2. The first kappa shape index (κ1) is 27.7. The van der Waals surface area contributed by atoms with E-state index in [0.29, 0.717) is 30.3 Å². The van der Waals surface area contributed by atoms with Crippen molar-refractivity contribution >= 4 is 11.6 Å². The number of anilines is 1. The summed E-state index contributed by atoms with van der Waals surface area (Å²) in [6.45, 7) is 8.13. The third-order valence-corrected chi connectivity index (χ3v) is 5.95. The number of rotatable bonds is 12.